The van der Waals surface area contributed by atoms with E-state index in [1.807, 2.05) is 0 Å². The quantitative estimate of drug-likeness (QED) is 0.372. The number of aromatic nitrogens is 1. The Morgan fingerprint density at radius 2 is 2.12 bits per heavy atom. The van der Waals surface area contributed by atoms with Crippen LogP contribution in [0.25, 0.3) is 0 Å². The first-order valence-electron chi connectivity index (χ1n) is 3.90. The largest absolute Gasteiger partial charge is 0.573 e. The van der Waals surface area contributed by atoms with Gasteiger partial charge < -0.3 is 14.9 Å². The molecule has 10 heteroatoms. The highest BCUT2D eigenvalue weighted by molar-refractivity contribution is 9.08. The molecule has 1 rings (SSSR count). The van der Waals surface area contributed by atoms with Crippen molar-refractivity contribution < 1.29 is 27.2 Å². The number of rotatable bonds is 3. The van der Waals surface area contributed by atoms with Crippen LogP contribution in [-0.4, -0.2) is 16.3 Å². The number of pyridine rings is 1. The van der Waals surface area contributed by atoms with Crippen molar-refractivity contribution in [2.45, 2.75) is 11.7 Å². The Bertz CT molecular complexity index is 451. The van der Waals surface area contributed by atoms with Gasteiger partial charge in [-0.3, -0.25) is 0 Å². The van der Waals surface area contributed by atoms with Crippen molar-refractivity contribution in [3.8, 4) is 5.75 Å². The minimum Gasteiger partial charge on any atom is -0.401 e. The molecule has 0 atom stereocenters. The first-order chi connectivity index (χ1) is 7.74. The average Bonchev–Trinajstić information content (AvgIpc) is 2.14. The number of halogens is 5. The van der Waals surface area contributed by atoms with Crippen LogP contribution in [0.1, 0.15) is 5.69 Å². The Hall–Kier alpha value is -1.45. The van der Waals surface area contributed by atoms with E-state index in [1.165, 1.54) is 0 Å². The molecule has 1 aromatic rings. The molecule has 0 aromatic carbocycles. The number of hydrogen-bond acceptors (Lipinski definition) is 4. The van der Waals surface area contributed by atoms with Gasteiger partial charge in [0.25, 0.3) is 0 Å². The summed E-state index contributed by atoms with van der Waals surface area (Å²) in [5.41, 5.74) is -0.421. The van der Waals surface area contributed by atoms with Gasteiger partial charge in [-0.25, -0.2) is 0 Å². The standard InChI is InChI=1S/C7H3BrF4N2O3/c8-2-4-5(17-7(10,11)12)1-3(9)6(13-4)14(15)16/h1H,2H2. The summed E-state index contributed by atoms with van der Waals surface area (Å²) in [5, 5.41) is 10.1. The SMILES string of the molecule is O=[N+]([O-])c1nc(CBr)c(OC(F)(F)F)cc1F. The van der Waals surface area contributed by atoms with Crippen LogP contribution in [0.4, 0.5) is 23.4 Å². The van der Waals surface area contributed by atoms with E-state index in [4.69, 9.17) is 0 Å². The third kappa shape index (κ3) is 3.51. The summed E-state index contributed by atoms with van der Waals surface area (Å²) in [7, 11) is 0. The first-order valence-corrected chi connectivity index (χ1v) is 5.02. The number of ether oxygens (including phenoxy) is 1. The Morgan fingerprint density at radius 3 is 2.53 bits per heavy atom. The summed E-state index contributed by atoms with van der Waals surface area (Å²) in [4.78, 5) is 12.3. The fourth-order valence-electron chi connectivity index (χ4n) is 0.936. The molecule has 1 aromatic heterocycles. The van der Waals surface area contributed by atoms with Crippen molar-refractivity contribution >= 4 is 21.7 Å². The van der Waals surface area contributed by atoms with Crippen LogP contribution in [0.3, 0.4) is 0 Å². The van der Waals surface area contributed by atoms with Crippen molar-refractivity contribution in [1.82, 2.24) is 4.98 Å². The third-order valence-corrected chi connectivity index (χ3v) is 2.05. The molecule has 0 aliphatic heterocycles. The smallest absolute Gasteiger partial charge is 0.401 e. The molecule has 0 saturated carbocycles. The van der Waals surface area contributed by atoms with E-state index in [-0.39, 0.29) is 11.4 Å². The molecule has 0 amide bonds. The highest BCUT2D eigenvalue weighted by Gasteiger charge is 2.34. The maximum atomic E-state index is 13.0. The predicted molar refractivity (Wildman–Crippen MR) is 50.2 cm³/mol. The molecular formula is C7H3BrF4N2O3. The second-order valence-corrected chi connectivity index (χ2v) is 3.24. The van der Waals surface area contributed by atoms with Crippen LogP contribution < -0.4 is 4.74 Å². The molecule has 1 heterocycles. The summed E-state index contributed by atoms with van der Waals surface area (Å²) in [6.45, 7) is 0. The van der Waals surface area contributed by atoms with Gasteiger partial charge in [0, 0.05) is 6.07 Å². The van der Waals surface area contributed by atoms with Crippen LogP contribution in [-0.2, 0) is 5.33 Å². The lowest BCUT2D eigenvalue weighted by molar-refractivity contribution is -0.392. The molecule has 94 valence electrons. The van der Waals surface area contributed by atoms with Crippen molar-refractivity contribution in [3.63, 3.8) is 0 Å². The fourth-order valence-corrected chi connectivity index (χ4v) is 1.34. The van der Waals surface area contributed by atoms with Crippen molar-refractivity contribution in [3.05, 3.63) is 27.7 Å². The van der Waals surface area contributed by atoms with Crippen LogP contribution in [0, 0.1) is 15.9 Å². The maximum Gasteiger partial charge on any atom is 0.573 e. The molecule has 0 fully saturated rings. The zero-order valence-electron chi connectivity index (χ0n) is 7.79. The van der Waals surface area contributed by atoms with E-state index >= 15 is 0 Å². The van der Waals surface area contributed by atoms with Gasteiger partial charge in [-0.15, -0.1) is 13.2 Å². The highest BCUT2D eigenvalue weighted by atomic mass is 79.9. The molecule has 0 radical (unpaired) electrons. The van der Waals surface area contributed by atoms with Crippen molar-refractivity contribution in [2.75, 3.05) is 0 Å². The highest BCUT2D eigenvalue weighted by Crippen LogP contribution is 2.30. The second kappa shape index (κ2) is 4.82. The number of nitro groups is 1. The lowest BCUT2D eigenvalue weighted by Crippen LogP contribution is -2.19. The Labute approximate surface area is 99.7 Å². The fraction of sp³-hybridized carbons (Fsp3) is 0.286. The van der Waals surface area contributed by atoms with Crippen LogP contribution in [0.15, 0.2) is 6.07 Å². The van der Waals surface area contributed by atoms with Gasteiger partial charge in [0.1, 0.15) is 0 Å². The predicted octanol–water partition coefficient (Wildman–Crippen LogP) is 2.92. The summed E-state index contributed by atoms with van der Waals surface area (Å²) < 4.78 is 52.3. The molecule has 0 aliphatic rings. The zero-order valence-corrected chi connectivity index (χ0v) is 9.38. The van der Waals surface area contributed by atoms with E-state index in [1.54, 1.807) is 0 Å². The monoisotopic (exact) mass is 318 g/mol. The number of nitrogens with zero attached hydrogens (tertiary/aromatic N) is 2. The first kappa shape index (κ1) is 13.6. The van der Waals surface area contributed by atoms with Gasteiger partial charge in [0.2, 0.25) is 11.5 Å². The zero-order chi connectivity index (χ0) is 13.2. The second-order valence-electron chi connectivity index (χ2n) is 2.68. The van der Waals surface area contributed by atoms with Crippen molar-refractivity contribution in [1.29, 1.82) is 0 Å². The van der Waals surface area contributed by atoms with Crippen LogP contribution >= 0.6 is 15.9 Å². The molecule has 0 unspecified atom stereocenters. The van der Waals surface area contributed by atoms with Crippen LogP contribution in [0.5, 0.6) is 5.75 Å². The Morgan fingerprint density at radius 1 is 1.53 bits per heavy atom. The molecular weight excluding hydrogens is 316 g/mol. The Balaban J connectivity index is 3.24. The van der Waals surface area contributed by atoms with E-state index in [2.05, 4.69) is 25.7 Å². The van der Waals surface area contributed by atoms with Crippen molar-refractivity contribution in [2.24, 2.45) is 0 Å². The van der Waals surface area contributed by atoms with E-state index in [0.29, 0.717) is 0 Å². The molecule has 0 bridgehead atoms. The summed E-state index contributed by atoms with van der Waals surface area (Å²) in [6.07, 6.45) is -5.03. The number of hydrogen-bond donors (Lipinski definition) is 0. The topological polar surface area (TPSA) is 65.3 Å². The van der Waals surface area contributed by atoms with Gasteiger partial charge in [0.15, 0.2) is 5.75 Å². The molecule has 0 spiro atoms. The van der Waals surface area contributed by atoms with E-state index in [0.717, 1.165) is 0 Å². The van der Waals surface area contributed by atoms with Crippen LogP contribution in [0.2, 0.25) is 0 Å². The summed E-state index contributed by atoms with van der Waals surface area (Å²) >= 11 is 2.77. The van der Waals surface area contributed by atoms with Gasteiger partial charge in [-0.2, -0.15) is 4.39 Å². The number of alkyl halides is 4. The van der Waals surface area contributed by atoms with Gasteiger partial charge in [0.05, 0.1) is 5.33 Å². The minimum atomic E-state index is -5.03. The molecule has 5 nitrogen and oxygen atoms in total. The Kier molecular flexibility index (Phi) is 3.86. The average molecular weight is 319 g/mol. The van der Waals surface area contributed by atoms with Gasteiger partial charge in [-0.05, 0) is 9.91 Å². The maximum absolute atomic E-state index is 13.0. The lowest BCUT2D eigenvalue weighted by Gasteiger charge is -2.09. The lowest BCUT2D eigenvalue weighted by atomic mass is 10.3. The molecule has 0 N–H and O–H groups in total. The van der Waals surface area contributed by atoms with E-state index in [9.17, 15) is 27.7 Å². The molecule has 17 heavy (non-hydrogen) atoms. The summed E-state index contributed by atoms with van der Waals surface area (Å²) in [6, 6.07) is 0.273. The third-order valence-electron chi connectivity index (χ3n) is 1.52. The van der Waals surface area contributed by atoms with Gasteiger partial charge >= 0.3 is 12.2 Å². The normalized spacial score (nSPS) is 11.4. The van der Waals surface area contributed by atoms with E-state index < -0.39 is 34.4 Å². The summed E-state index contributed by atoms with van der Waals surface area (Å²) in [5.74, 6) is -3.58. The van der Waals surface area contributed by atoms with Gasteiger partial charge in [-0.1, -0.05) is 15.9 Å². The molecule has 0 aliphatic carbocycles. The molecule has 0 saturated heterocycles. The minimum absolute atomic E-state index is 0.250.